The van der Waals surface area contributed by atoms with E-state index in [0.717, 1.165) is 0 Å². The molecule has 0 rings (SSSR count). The van der Waals surface area contributed by atoms with Crippen LogP contribution in [0.25, 0.3) is 0 Å². The molecule has 0 aliphatic heterocycles. The lowest BCUT2D eigenvalue weighted by Gasteiger charge is -2.24. The van der Waals surface area contributed by atoms with Crippen molar-refractivity contribution in [2.75, 3.05) is 6.54 Å². The molecule has 16 heavy (non-hydrogen) atoms. The van der Waals surface area contributed by atoms with Crippen molar-refractivity contribution in [2.45, 2.75) is 26.8 Å². The molecule has 0 aliphatic carbocycles. The third-order valence-electron chi connectivity index (χ3n) is 1.80. The van der Waals surface area contributed by atoms with E-state index in [4.69, 9.17) is 0 Å². The number of carbonyl (C=O) groups excluding carboxylic acids is 1. The van der Waals surface area contributed by atoms with Gasteiger partial charge in [-0.15, -0.1) is 6.58 Å². The van der Waals surface area contributed by atoms with Crippen molar-refractivity contribution in [3.63, 3.8) is 0 Å². The summed E-state index contributed by atoms with van der Waals surface area (Å²) in [6.07, 6.45) is 8.81. The molecule has 0 fully saturated rings. The lowest BCUT2D eigenvalue weighted by atomic mass is 10.4. The van der Waals surface area contributed by atoms with Gasteiger partial charge in [0.05, 0.1) is 6.54 Å². The van der Waals surface area contributed by atoms with Crippen LogP contribution in [0.15, 0.2) is 37.0 Å². The van der Waals surface area contributed by atoms with Crippen LogP contribution in [0.1, 0.15) is 20.8 Å². The van der Waals surface area contributed by atoms with Gasteiger partial charge < -0.3 is 0 Å². The molecular formula is C12H21N3O. The molecule has 0 spiro atoms. The van der Waals surface area contributed by atoms with Crippen LogP contribution in [-0.2, 0) is 4.79 Å². The van der Waals surface area contributed by atoms with Gasteiger partial charge in [0.2, 0.25) is 0 Å². The van der Waals surface area contributed by atoms with Crippen molar-refractivity contribution in [3.8, 4) is 0 Å². The van der Waals surface area contributed by atoms with Gasteiger partial charge in [-0.3, -0.25) is 10.2 Å². The summed E-state index contributed by atoms with van der Waals surface area (Å²) in [7, 11) is 0. The van der Waals surface area contributed by atoms with E-state index in [2.05, 4.69) is 17.4 Å². The zero-order chi connectivity index (χ0) is 12.4. The van der Waals surface area contributed by atoms with Gasteiger partial charge in [-0.1, -0.05) is 24.3 Å². The van der Waals surface area contributed by atoms with Crippen LogP contribution < -0.4 is 10.9 Å². The Morgan fingerprint density at radius 3 is 2.62 bits per heavy atom. The van der Waals surface area contributed by atoms with Crippen LogP contribution in [0, 0.1) is 0 Å². The maximum Gasteiger partial charge on any atom is 0.259 e. The van der Waals surface area contributed by atoms with Crippen LogP contribution in [0.2, 0.25) is 0 Å². The molecule has 0 aromatic heterocycles. The second kappa shape index (κ2) is 8.88. The first-order valence-corrected chi connectivity index (χ1v) is 5.34. The van der Waals surface area contributed by atoms with E-state index in [1.807, 2.05) is 26.0 Å². The van der Waals surface area contributed by atoms with Gasteiger partial charge >= 0.3 is 0 Å². The third kappa shape index (κ3) is 6.98. The van der Waals surface area contributed by atoms with E-state index in [9.17, 15) is 4.79 Å². The van der Waals surface area contributed by atoms with Crippen LogP contribution in [-0.4, -0.2) is 23.6 Å². The molecule has 1 unspecified atom stereocenters. The number of hydrogen-bond donors (Lipinski definition) is 2. The zero-order valence-corrected chi connectivity index (χ0v) is 10.2. The van der Waals surface area contributed by atoms with Gasteiger partial charge in [0.25, 0.3) is 5.91 Å². The van der Waals surface area contributed by atoms with E-state index in [1.54, 1.807) is 24.2 Å². The van der Waals surface area contributed by atoms with E-state index in [0.29, 0.717) is 6.54 Å². The molecule has 0 bridgehead atoms. The van der Waals surface area contributed by atoms with Gasteiger partial charge in [-0.05, 0) is 20.8 Å². The number of hydrazine groups is 2. The van der Waals surface area contributed by atoms with Gasteiger partial charge in [0.15, 0.2) is 0 Å². The summed E-state index contributed by atoms with van der Waals surface area (Å²) in [5, 5.41) is 1.63. The van der Waals surface area contributed by atoms with Crippen molar-refractivity contribution in [2.24, 2.45) is 0 Å². The molecule has 1 amide bonds. The van der Waals surface area contributed by atoms with Crippen LogP contribution >= 0.6 is 0 Å². The quantitative estimate of drug-likeness (QED) is 0.391. The molecule has 4 heteroatoms. The summed E-state index contributed by atoms with van der Waals surface area (Å²) in [6.45, 7) is 9.96. The van der Waals surface area contributed by atoms with E-state index in [-0.39, 0.29) is 11.9 Å². The topological polar surface area (TPSA) is 44.4 Å². The molecule has 1 atom stereocenters. The Morgan fingerprint density at radius 2 is 2.12 bits per heavy atom. The highest BCUT2D eigenvalue weighted by molar-refractivity contribution is 5.86. The molecule has 0 saturated heterocycles. The number of carbonyl (C=O) groups is 1. The first kappa shape index (κ1) is 14.6. The second-order valence-electron chi connectivity index (χ2n) is 3.31. The predicted molar refractivity (Wildman–Crippen MR) is 67.3 cm³/mol. The van der Waals surface area contributed by atoms with E-state index in [1.165, 1.54) is 6.08 Å². The van der Waals surface area contributed by atoms with Crippen LogP contribution in [0.3, 0.4) is 0 Å². The summed E-state index contributed by atoms with van der Waals surface area (Å²) >= 11 is 0. The fourth-order valence-electron chi connectivity index (χ4n) is 0.962. The van der Waals surface area contributed by atoms with E-state index >= 15 is 0 Å². The number of nitrogens with one attached hydrogen (secondary N) is 2. The van der Waals surface area contributed by atoms with Crippen molar-refractivity contribution >= 4 is 5.91 Å². The highest BCUT2D eigenvalue weighted by Gasteiger charge is 2.06. The average molecular weight is 223 g/mol. The summed E-state index contributed by atoms with van der Waals surface area (Å²) in [4.78, 5) is 11.4. The Balaban J connectivity index is 4.29. The highest BCUT2D eigenvalue weighted by atomic mass is 16.2. The summed E-state index contributed by atoms with van der Waals surface area (Å²) in [6, 6.07) is 0.0937. The SMILES string of the molecule is C=CC(C)NN(CC=CC)NC(=O)/C=C/C. The molecule has 0 aliphatic rings. The van der Waals surface area contributed by atoms with E-state index < -0.39 is 0 Å². The van der Waals surface area contributed by atoms with Gasteiger partial charge in [-0.25, -0.2) is 5.43 Å². The molecule has 2 N–H and O–H groups in total. The molecule has 0 radical (unpaired) electrons. The highest BCUT2D eigenvalue weighted by Crippen LogP contribution is 1.87. The molecule has 4 nitrogen and oxygen atoms in total. The van der Waals surface area contributed by atoms with Gasteiger partial charge in [0.1, 0.15) is 0 Å². The van der Waals surface area contributed by atoms with Crippen LogP contribution in [0.5, 0.6) is 0 Å². The first-order chi connectivity index (χ1) is 7.63. The Hall–Kier alpha value is -1.39. The molecule has 0 saturated carbocycles. The second-order valence-corrected chi connectivity index (χ2v) is 3.31. The summed E-state index contributed by atoms with van der Waals surface area (Å²) < 4.78 is 0. The Labute approximate surface area is 97.6 Å². The maximum absolute atomic E-state index is 11.4. The largest absolute Gasteiger partial charge is 0.271 e. The number of amides is 1. The molecule has 90 valence electrons. The third-order valence-corrected chi connectivity index (χ3v) is 1.80. The van der Waals surface area contributed by atoms with Gasteiger partial charge in [-0.2, -0.15) is 5.12 Å². The monoisotopic (exact) mass is 223 g/mol. The summed E-state index contributed by atoms with van der Waals surface area (Å²) in [5.74, 6) is -0.157. The van der Waals surface area contributed by atoms with Crippen LogP contribution in [0.4, 0.5) is 0 Å². The fourth-order valence-corrected chi connectivity index (χ4v) is 0.962. The minimum Gasteiger partial charge on any atom is -0.271 e. The Bertz CT molecular complexity index is 271. The molecule has 0 aromatic carbocycles. The fraction of sp³-hybridized carbons (Fsp3) is 0.417. The molecule has 0 aromatic rings. The minimum absolute atomic E-state index is 0.0937. The molecule has 0 heterocycles. The average Bonchev–Trinajstić information content (AvgIpc) is 2.26. The number of hydrogen-bond acceptors (Lipinski definition) is 3. The normalized spacial score (nSPS) is 13.5. The predicted octanol–water partition coefficient (Wildman–Crippen LogP) is 1.55. The lowest BCUT2D eigenvalue weighted by Crippen LogP contribution is -2.52. The first-order valence-electron chi connectivity index (χ1n) is 5.34. The Morgan fingerprint density at radius 1 is 1.44 bits per heavy atom. The van der Waals surface area contributed by atoms with Crippen molar-refractivity contribution in [1.29, 1.82) is 0 Å². The number of nitrogens with zero attached hydrogens (tertiary/aromatic N) is 1. The standard InChI is InChI=1S/C12H21N3O/c1-5-8-10-15(13-11(4)7-3)14-12(16)9-6-2/h5-9,11,13H,3,10H2,1-2,4H3,(H,14,16)/b8-5?,9-6+. The zero-order valence-electron chi connectivity index (χ0n) is 10.2. The van der Waals surface area contributed by atoms with Crippen molar-refractivity contribution in [3.05, 3.63) is 37.0 Å². The smallest absolute Gasteiger partial charge is 0.259 e. The Kier molecular flexibility index (Phi) is 8.11. The molecular weight excluding hydrogens is 202 g/mol. The van der Waals surface area contributed by atoms with Crippen molar-refractivity contribution < 1.29 is 4.79 Å². The lowest BCUT2D eigenvalue weighted by molar-refractivity contribution is -0.122. The number of allylic oxidation sites excluding steroid dienone is 2. The summed E-state index contributed by atoms with van der Waals surface area (Å²) in [5.41, 5.74) is 5.80. The van der Waals surface area contributed by atoms with Crippen molar-refractivity contribution in [1.82, 2.24) is 16.0 Å². The minimum atomic E-state index is -0.157. The van der Waals surface area contributed by atoms with Gasteiger partial charge in [0, 0.05) is 12.1 Å². The number of rotatable bonds is 7. The maximum atomic E-state index is 11.4.